The lowest BCUT2D eigenvalue weighted by Crippen LogP contribution is -2.22. The molecule has 1 aromatic carbocycles. The van der Waals surface area contributed by atoms with Gasteiger partial charge in [0, 0.05) is 10.8 Å². The van der Waals surface area contributed by atoms with Crippen LogP contribution in [-0.4, -0.2) is 10.9 Å². The zero-order valence-electron chi connectivity index (χ0n) is 13.9. The number of rotatable bonds is 3. The van der Waals surface area contributed by atoms with Gasteiger partial charge in [0.15, 0.2) is 0 Å². The van der Waals surface area contributed by atoms with Crippen molar-refractivity contribution in [1.82, 2.24) is 10.3 Å². The number of carbonyl (C=O) groups is 1. The number of furan rings is 1. The number of aromatic nitrogens is 1. The largest absolute Gasteiger partial charge is 0.467 e. The highest BCUT2D eigenvalue weighted by atomic mass is 32.1. The first-order valence-electron chi connectivity index (χ1n) is 7.93. The maximum Gasteiger partial charge on any atom is 0.263 e. The van der Waals surface area contributed by atoms with Crippen molar-refractivity contribution in [3.8, 4) is 0 Å². The van der Waals surface area contributed by atoms with Crippen molar-refractivity contribution >= 4 is 44.1 Å². The first-order valence-corrected chi connectivity index (χ1v) is 8.75. The highest BCUT2D eigenvalue weighted by Gasteiger charge is 2.18. The molecule has 3 N–H and O–H groups in total. The molecule has 5 nitrogen and oxygen atoms in total. The van der Waals surface area contributed by atoms with E-state index in [1.165, 1.54) is 22.5 Å². The molecule has 0 saturated heterocycles. The van der Waals surface area contributed by atoms with E-state index < -0.39 is 0 Å². The fourth-order valence-corrected chi connectivity index (χ4v) is 3.80. The van der Waals surface area contributed by atoms with Gasteiger partial charge >= 0.3 is 0 Å². The summed E-state index contributed by atoms with van der Waals surface area (Å²) in [5.74, 6) is 0.483. The summed E-state index contributed by atoms with van der Waals surface area (Å²) >= 11 is 1.32. The van der Waals surface area contributed by atoms with E-state index in [1.54, 1.807) is 12.3 Å². The minimum Gasteiger partial charge on any atom is -0.467 e. The quantitative estimate of drug-likeness (QED) is 0.580. The van der Waals surface area contributed by atoms with Crippen LogP contribution in [0.3, 0.4) is 0 Å². The van der Waals surface area contributed by atoms with Gasteiger partial charge in [-0.1, -0.05) is 0 Å². The summed E-state index contributed by atoms with van der Waals surface area (Å²) in [6, 6.07) is 9.78. The number of pyridine rings is 1. The van der Waals surface area contributed by atoms with Crippen molar-refractivity contribution in [1.29, 1.82) is 0 Å². The number of nitrogen functional groups attached to an aromatic ring is 1. The van der Waals surface area contributed by atoms with Gasteiger partial charge in [-0.05, 0) is 55.3 Å². The lowest BCUT2D eigenvalue weighted by Gasteiger charge is -2.04. The lowest BCUT2D eigenvalue weighted by molar-refractivity contribution is 0.0953. The van der Waals surface area contributed by atoms with Crippen molar-refractivity contribution in [3.05, 3.63) is 58.4 Å². The minimum atomic E-state index is -0.215. The van der Waals surface area contributed by atoms with Gasteiger partial charge in [-0.15, -0.1) is 11.3 Å². The molecule has 126 valence electrons. The molecule has 0 saturated carbocycles. The maximum atomic E-state index is 12.5. The second-order valence-corrected chi connectivity index (χ2v) is 7.08. The molecule has 3 heterocycles. The number of nitrogens with one attached hydrogen (secondary N) is 1. The van der Waals surface area contributed by atoms with E-state index in [1.807, 2.05) is 12.1 Å². The molecule has 4 aromatic rings. The Bertz CT molecular complexity index is 1100. The third-order valence-corrected chi connectivity index (χ3v) is 5.45. The number of hydrogen-bond donors (Lipinski definition) is 2. The fraction of sp³-hybridized carbons (Fsp3) is 0.158. The van der Waals surface area contributed by atoms with Crippen LogP contribution in [0.2, 0.25) is 0 Å². The summed E-state index contributed by atoms with van der Waals surface area (Å²) in [4.78, 5) is 18.4. The molecule has 6 heteroatoms. The summed E-state index contributed by atoms with van der Waals surface area (Å²) in [5, 5.41) is 4.69. The number of carbonyl (C=O) groups excluding carboxylic acids is 1. The molecule has 3 aromatic heterocycles. The van der Waals surface area contributed by atoms with E-state index in [0.29, 0.717) is 22.9 Å². The SMILES string of the molecule is Cc1cc2cc3c(N)c(C(=O)NCc4ccco4)sc3nc2cc1C. The van der Waals surface area contributed by atoms with E-state index >= 15 is 0 Å². The molecular formula is C19H17N3O2S. The van der Waals surface area contributed by atoms with Gasteiger partial charge < -0.3 is 15.5 Å². The second kappa shape index (κ2) is 5.89. The van der Waals surface area contributed by atoms with Crippen LogP contribution >= 0.6 is 11.3 Å². The number of fused-ring (bicyclic) bond motifs is 2. The Morgan fingerprint density at radius 3 is 2.84 bits per heavy atom. The standard InChI is InChI=1S/C19H17N3O2S/c1-10-6-12-8-14-16(20)17(18(23)21-9-13-4-3-5-24-13)25-19(14)22-15(12)7-11(10)2/h3-8H,9,20H2,1-2H3,(H,21,23). The number of anilines is 1. The van der Waals surface area contributed by atoms with Crippen molar-refractivity contribution in [2.45, 2.75) is 20.4 Å². The van der Waals surface area contributed by atoms with E-state index in [0.717, 1.165) is 21.1 Å². The molecule has 0 unspecified atom stereocenters. The molecule has 0 radical (unpaired) electrons. The van der Waals surface area contributed by atoms with E-state index in [4.69, 9.17) is 15.1 Å². The molecule has 0 spiro atoms. The van der Waals surface area contributed by atoms with Crippen molar-refractivity contribution in [3.63, 3.8) is 0 Å². The second-order valence-electron chi connectivity index (χ2n) is 6.08. The van der Waals surface area contributed by atoms with Crippen LogP contribution in [0, 0.1) is 13.8 Å². The summed E-state index contributed by atoms with van der Waals surface area (Å²) in [6.07, 6.45) is 1.58. The Morgan fingerprint density at radius 2 is 2.08 bits per heavy atom. The first-order chi connectivity index (χ1) is 12.0. The zero-order valence-corrected chi connectivity index (χ0v) is 14.7. The van der Waals surface area contributed by atoms with Crippen LogP contribution in [0.4, 0.5) is 5.69 Å². The summed E-state index contributed by atoms with van der Waals surface area (Å²) in [7, 11) is 0. The van der Waals surface area contributed by atoms with Crippen molar-refractivity contribution in [2.24, 2.45) is 0 Å². The van der Waals surface area contributed by atoms with Crippen LogP contribution in [0.5, 0.6) is 0 Å². The van der Waals surface area contributed by atoms with Gasteiger partial charge in [0.25, 0.3) is 5.91 Å². The first kappa shape index (κ1) is 15.7. The third-order valence-electron chi connectivity index (χ3n) is 4.34. The number of nitrogens with zero attached hydrogens (tertiary/aromatic N) is 1. The maximum absolute atomic E-state index is 12.5. The molecule has 0 fully saturated rings. The van der Waals surface area contributed by atoms with Gasteiger partial charge in [-0.3, -0.25) is 4.79 Å². The Kier molecular flexibility index (Phi) is 3.69. The van der Waals surface area contributed by atoms with E-state index in [-0.39, 0.29) is 5.91 Å². The molecule has 0 bridgehead atoms. The highest BCUT2D eigenvalue weighted by molar-refractivity contribution is 7.21. The van der Waals surface area contributed by atoms with Crippen LogP contribution in [0.15, 0.2) is 41.0 Å². The Labute approximate surface area is 148 Å². The molecule has 1 amide bonds. The minimum absolute atomic E-state index is 0.215. The van der Waals surface area contributed by atoms with Crippen LogP contribution in [0.1, 0.15) is 26.6 Å². The van der Waals surface area contributed by atoms with Gasteiger partial charge in [-0.2, -0.15) is 0 Å². The van der Waals surface area contributed by atoms with Crippen molar-refractivity contribution < 1.29 is 9.21 Å². The summed E-state index contributed by atoms with van der Waals surface area (Å²) in [6.45, 7) is 4.47. The zero-order chi connectivity index (χ0) is 17.6. The number of nitrogens with two attached hydrogens (primary N) is 1. The predicted molar refractivity (Wildman–Crippen MR) is 101 cm³/mol. The molecule has 0 atom stereocenters. The molecule has 25 heavy (non-hydrogen) atoms. The fourth-order valence-electron chi connectivity index (χ4n) is 2.80. The Hall–Kier alpha value is -2.86. The number of amides is 1. The van der Waals surface area contributed by atoms with E-state index in [9.17, 15) is 4.79 Å². The molecule has 0 aliphatic carbocycles. The van der Waals surface area contributed by atoms with Crippen molar-refractivity contribution in [2.75, 3.05) is 5.73 Å². The monoisotopic (exact) mass is 351 g/mol. The average Bonchev–Trinajstić information content (AvgIpc) is 3.21. The highest BCUT2D eigenvalue weighted by Crippen LogP contribution is 2.35. The van der Waals surface area contributed by atoms with Gasteiger partial charge in [-0.25, -0.2) is 4.98 Å². The molecule has 0 aliphatic rings. The normalized spacial score (nSPS) is 11.3. The molecular weight excluding hydrogens is 334 g/mol. The third kappa shape index (κ3) is 2.74. The van der Waals surface area contributed by atoms with Crippen LogP contribution in [0.25, 0.3) is 21.1 Å². The number of hydrogen-bond acceptors (Lipinski definition) is 5. The Balaban J connectivity index is 1.73. The number of aryl methyl sites for hydroxylation is 2. The van der Waals surface area contributed by atoms with E-state index in [2.05, 4.69) is 31.3 Å². The summed E-state index contributed by atoms with van der Waals surface area (Å²) < 4.78 is 5.23. The Morgan fingerprint density at radius 1 is 1.28 bits per heavy atom. The molecule has 0 aliphatic heterocycles. The van der Waals surface area contributed by atoms with Crippen LogP contribution < -0.4 is 11.1 Å². The predicted octanol–water partition coefficient (Wildman–Crippen LogP) is 4.17. The summed E-state index contributed by atoms with van der Waals surface area (Å²) in [5.41, 5.74) is 10.0. The number of benzene rings is 1. The average molecular weight is 351 g/mol. The topological polar surface area (TPSA) is 81.2 Å². The van der Waals surface area contributed by atoms with Gasteiger partial charge in [0.1, 0.15) is 15.5 Å². The lowest BCUT2D eigenvalue weighted by atomic mass is 10.1. The molecule has 4 rings (SSSR count). The number of thiophene rings is 1. The van der Waals surface area contributed by atoms with Crippen LogP contribution in [-0.2, 0) is 6.54 Å². The smallest absolute Gasteiger partial charge is 0.263 e. The van der Waals surface area contributed by atoms with Gasteiger partial charge in [0.05, 0.1) is 24.0 Å². The van der Waals surface area contributed by atoms with Gasteiger partial charge in [0.2, 0.25) is 0 Å².